The molecule has 0 heterocycles. The van der Waals surface area contributed by atoms with Gasteiger partial charge in [-0.2, -0.15) is 13.2 Å². The van der Waals surface area contributed by atoms with Crippen LogP contribution in [0.25, 0.3) is 0 Å². The van der Waals surface area contributed by atoms with Crippen molar-refractivity contribution < 1.29 is 18.0 Å². The second-order valence-corrected chi connectivity index (χ2v) is 3.80. The molecule has 1 atom stereocenters. The summed E-state index contributed by atoms with van der Waals surface area (Å²) in [6.07, 6.45) is -4.40. The lowest BCUT2D eigenvalue weighted by Gasteiger charge is -2.16. The zero-order chi connectivity index (χ0) is 13.2. The van der Waals surface area contributed by atoms with E-state index in [1.165, 1.54) is 13.0 Å². The van der Waals surface area contributed by atoms with Gasteiger partial charge >= 0.3 is 6.18 Å². The van der Waals surface area contributed by atoms with E-state index in [9.17, 15) is 18.0 Å². The minimum Gasteiger partial charge on any atom is -0.374 e. The standard InChI is InChI=1S/C11H13F3N2O/c1-6-3-4-8(11(12,13)14)5-9(6)16-7(2)10(15)17/h3-5,7,16H,1-2H3,(H2,15,17). The van der Waals surface area contributed by atoms with E-state index in [0.29, 0.717) is 5.56 Å². The van der Waals surface area contributed by atoms with Crippen LogP contribution in [0.4, 0.5) is 18.9 Å². The van der Waals surface area contributed by atoms with Crippen molar-refractivity contribution >= 4 is 11.6 Å². The van der Waals surface area contributed by atoms with Crippen LogP contribution in [0.3, 0.4) is 0 Å². The quantitative estimate of drug-likeness (QED) is 0.859. The molecule has 1 aromatic carbocycles. The Morgan fingerprint density at radius 3 is 2.47 bits per heavy atom. The van der Waals surface area contributed by atoms with Gasteiger partial charge < -0.3 is 11.1 Å². The number of aryl methyl sites for hydroxylation is 1. The lowest BCUT2D eigenvalue weighted by atomic mass is 10.1. The molecule has 17 heavy (non-hydrogen) atoms. The molecule has 3 N–H and O–H groups in total. The van der Waals surface area contributed by atoms with Crippen LogP contribution in [-0.2, 0) is 11.0 Å². The lowest BCUT2D eigenvalue weighted by molar-refractivity contribution is -0.137. The van der Waals surface area contributed by atoms with Crippen LogP contribution in [0.2, 0.25) is 0 Å². The van der Waals surface area contributed by atoms with Crippen molar-refractivity contribution in [2.75, 3.05) is 5.32 Å². The van der Waals surface area contributed by atoms with E-state index in [1.807, 2.05) is 0 Å². The van der Waals surface area contributed by atoms with Gasteiger partial charge in [0.15, 0.2) is 0 Å². The highest BCUT2D eigenvalue weighted by atomic mass is 19.4. The average molecular weight is 246 g/mol. The smallest absolute Gasteiger partial charge is 0.374 e. The van der Waals surface area contributed by atoms with Crippen LogP contribution in [0, 0.1) is 6.92 Å². The molecule has 0 fully saturated rings. The van der Waals surface area contributed by atoms with E-state index in [0.717, 1.165) is 12.1 Å². The highest BCUT2D eigenvalue weighted by Crippen LogP contribution is 2.32. The average Bonchev–Trinajstić information content (AvgIpc) is 2.19. The number of anilines is 1. The van der Waals surface area contributed by atoms with E-state index in [2.05, 4.69) is 5.32 Å². The second-order valence-electron chi connectivity index (χ2n) is 3.80. The van der Waals surface area contributed by atoms with Gasteiger partial charge in [-0.15, -0.1) is 0 Å². The van der Waals surface area contributed by atoms with E-state index < -0.39 is 23.7 Å². The Hall–Kier alpha value is -1.72. The van der Waals surface area contributed by atoms with E-state index in [-0.39, 0.29) is 5.69 Å². The number of nitrogens with one attached hydrogen (secondary N) is 1. The molecule has 3 nitrogen and oxygen atoms in total. The first kappa shape index (κ1) is 13.3. The summed E-state index contributed by atoms with van der Waals surface area (Å²) in [5.41, 5.74) is 5.14. The number of hydrogen-bond donors (Lipinski definition) is 2. The third-order valence-corrected chi connectivity index (χ3v) is 2.36. The van der Waals surface area contributed by atoms with Crippen molar-refractivity contribution in [1.29, 1.82) is 0 Å². The van der Waals surface area contributed by atoms with Gasteiger partial charge in [0.1, 0.15) is 6.04 Å². The highest BCUT2D eigenvalue weighted by Gasteiger charge is 2.30. The third kappa shape index (κ3) is 3.37. The Kier molecular flexibility index (Phi) is 3.65. The van der Waals surface area contributed by atoms with Crippen LogP contribution in [0.1, 0.15) is 18.1 Å². The minimum absolute atomic E-state index is 0.256. The van der Waals surface area contributed by atoms with Crippen LogP contribution in [0.5, 0.6) is 0 Å². The number of carbonyl (C=O) groups is 1. The van der Waals surface area contributed by atoms with Crippen LogP contribution in [0.15, 0.2) is 18.2 Å². The summed E-state index contributed by atoms with van der Waals surface area (Å²) in [5.74, 6) is -0.623. The normalized spacial score (nSPS) is 13.2. The van der Waals surface area contributed by atoms with Crippen molar-refractivity contribution in [3.8, 4) is 0 Å². The topological polar surface area (TPSA) is 55.1 Å². The summed E-state index contributed by atoms with van der Waals surface area (Å²) in [6.45, 7) is 3.14. The van der Waals surface area contributed by atoms with Crippen LogP contribution in [-0.4, -0.2) is 11.9 Å². The molecule has 0 spiro atoms. The number of halogens is 3. The van der Waals surface area contributed by atoms with E-state index in [4.69, 9.17) is 5.73 Å². The molecule has 0 aliphatic heterocycles. The number of alkyl halides is 3. The molecular formula is C11H13F3N2O. The molecule has 0 bridgehead atoms. The van der Waals surface area contributed by atoms with Crippen LogP contribution >= 0.6 is 0 Å². The predicted octanol–water partition coefficient (Wildman–Crippen LogP) is 2.30. The van der Waals surface area contributed by atoms with Crippen molar-refractivity contribution in [3.05, 3.63) is 29.3 Å². The van der Waals surface area contributed by atoms with Gasteiger partial charge in [-0.25, -0.2) is 0 Å². The SMILES string of the molecule is Cc1ccc(C(F)(F)F)cc1NC(C)C(N)=O. The Labute approximate surface area is 96.8 Å². The number of primary amides is 1. The molecule has 1 unspecified atom stereocenters. The molecule has 1 amide bonds. The monoisotopic (exact) mass is 246 g/mol. The number of rotatable bonds is 3. The van der Waals surface area contributed by atoms with Gasteiger partial charge in [0, 0.05) is 5.69 Å². The Balaban J connectivity index is 3.03. The third-order valence-electron chi connectivity index (χ3n) is 2.36. The molecule has 1 aromatic rings. The molecule has 1 rings (SSSR count). The summed E-state index contributed by atoms with van der Waals surface area (Å²) < 4.78 is 37.4. The summed E-state index contributed by atoms with van der Waals surface area (Å²) in [6, 6.07) is 2.58. The summed E-state index contributed by atoms with van der Waals surface area (Å²) in [7, 11) is 0. The van der Waals surface area contributed by atoms with Gasteiger partial charge in [-0.3, -0.25) is 4.79 Å². The Morgan fingerprint density at radius 1 is 1.41 bits per heavy atom. The molecule has 0 saturated heterocycles. The molecule has 94 valence electrons. The number of amides is 1. The van der Waals surface area contributed by atoms with Crippen molar-refractivity contribution in [1.82, 2.24) is 0 Å². The van der Waals surface area contributed by atoms with Gasteiger partial charge in [-0.1, -0.05) is 6.07 Å². The molecule has 0 aliphatic carbocycles. The fourth-order valence-corrected chi connectivity index (χ4v) is 1.26. The van der Waals surface area contributed by atoms with Gasteiger partial charge in [0.2, 0.25) is 5.91 Å². The Morgan fingerprint density at radius 2 is 2.00 bits per heavy atom. The molecule has 0 aliphatic rings. The number of carbonyl (C=O) groups excluding carboxylic acids is 1. The molecular weight excluding hydrogens is 233 g/mol. The van der Waals surface area contributed by atoms with Crippen LogP contribution < -0.4 is 11.1 Å². The first-order valence-electron chi connectivity index (χ1n) is 4.95. The fraction of sp³-hybridized carbons (Fsp3) is 0.364. The first-order valence-corrected chi connectivity index (χ1v) is 4.95. The minimum atomic E-state index is -4.40. The molecule has 0 radical (unpaired) electrons. The molecule has 6 heteroatoms. The maximum atomic E-state index is 12.5. The van der Waals surface area contributed by atoms with E-state index in [1.54, 1.807) is 6.92 Å². The number of nitrogens with two attached hydrogens (primary N) is 1. The molecule has 0 saturated carbocycles. The van der Waals surface area contributed by atoms with Gasteiger partial charge in [0.25, 0.3) is 0 Å². The number of benzene rings is 1. The number of hydrogen-bond acceptors (Lipinski definition) is 2. The zero-order valence-electron chi connectivity index (χ0n) is 9.43. The van der Waals surface area contributed by atoms with E-state index >= 15 is 0 Å². The summed E-state index contributed by atoms with van der Waals surface area (Å²) in [5, 5.41) is 2.65. The summed E-state index contributed by atoms with van der Waals surface area (Å²) >= 11 is 0. The van der Waals surface area contributed by atoms with Gasteiger partial charge in [-0.05, 0) is 31.5 Å². The highest BCUT2D eigenvalue weighted by molar-refractivity contribution is 5.82. The van der Waals surface area contributed by atoms with Crippen molar-refractivity contribution in [3.63, 3.8) is 0 Å². The fourth-order valence-electron chi connectivity index (χ4n) is 1.26. The van der Waals surface area contributed by atoms with Crippen molar-refractivity contribution in [2.45, 2.75) is 26.1 Å². The second kappa shape index (κ2) is 4.65. The lowest BCUT2D eigenvalue weighted by Crippen LogP contribution is -2.32. The maximum absolute atomic E-state index is 12.5. The summed E-state index contributed by atoms with van der Waals surface area (Å²) in [4.78, 5) is 10.8. The molecule has 0 aromatic heterocycles. The van der Waals surface area contributed by atoms with Gasteiger partial charge in [0.05, 0.1) is 5.56 Å². The maximum Gasteiger partial charge on any atom is 0.416 e. The predicted molar refractivity (Wildman–Crippen MR) is 58.5 cm³/mol. The largest absolute Gasteiger partial charge is 0.416 e. The van der Waals surface area contributed by atoms with Crippen molar-refractivity contribution in [2.24, 2.45) is 5.73 Å². The zero-order valence-corrected chi connectivity index (χ0v) is 9.43. The Bertz CT molecular complexity index is 429. The first-order chi connectivity index (χ1) is 7.71.